The maximum atomic E-state index is 5.71. The van der Waals surface area contributed by atoms with Crippen LogP contribution in [0.15, 0.2) is 18.2 Å². The average molecular weight is 375 g/mol. The molecule has 1 aliphatic heterocycles. The van der Waals surface area contributed by atoms with Crippen LogP contribution in [-0.4, -0.2) is 38.8 Å². The molecule has 1 saturated heterocycles. The summed E-state index contributed by atoms with van der Waals surface area (Å²) in [5.41, 5.74) is 7.65. The van der Waals surface area contributed by atoms with Gasteiger partial charge in [0.15, 0.2) is 6.79 Å². The number of nitrogens with two attached hydrogens (primary N) is 1. The Labute approximate surface area is 165 Å². The van der Waals surface area contributed by atoms with Crippen LogP contribution in [0.2, 0.25) is 6.82 Å². The minimum Gasteiger partial charge on any atom is -0.467 e. The normalized spacial score (nSPS) is 18.8. The van der Waals surface area contributed by atoms with Crippen molar-refractivity contribution in [3.8, 4) is 17.6 Å². The van der Waals surface area contributed by atoms with Crippen LogP contribution in [-0.2, 0) is 14.0 Å². The van der Waals surface area contributed by atoms with Gasteiger partial charge in [0.1, 0.15) is 5.75 Å². The Morgan fingerprint density at radius 1 is 1.37 bits per heavy atom. The molecule has 0 aliphatic carbocycles. The summed E-state index contributed by atoms with van der Waals surface area (Å²) in [6.45, 7) is 15.3. The molecule has 1 aromatic rings. The zero-order chi connectivity index (χ0) is 20.4. The number of rotatable bonds is 6. The highest BCUT2D eigenvalue weighted by atomic mass is 16.7. The first-order valence-corrected chi connectivity index (χ1v) is 9.55. The molecule has 1 aromatic carbocycles. The first kappa shape index (κ1) is 23.5. The fraction of sp³-hybridized carbons (Fsp3) is 0.619. The van der Waals surface area contributed by atoms with Crippen LogP contribution >= 0.6 is 0 Å². The van der Waals surface area contributed by atoms with Gasteiger partial charge in [0.05, 0.1) is 11.7 Å². The van der Waals surface area contributed by atoms with E-state index in [1.807, 2.05) is 59.6 Å². The Morgan fingerprint density at radius 3 is 2.52 bits per heavy atom. The van der Waals surface area contributed by atoms with Crippen molar-refractivity contribution in [3.05, 3.63) is 29.3 Å². The molecule has 0 spiro atoms. The Kier molecular flexibility index (Phi) is 9.89. The third kappa shape index (κ3) is 7.55. The lowest BCUT2D eigenvalue weighted by Gasteiger charge is -2.21. The van der Waals surface area contributed by atoms with E-state index < -0.39 is 0 Å². The maximum absolute atomic E-state index is 5.71. The Hall–Kier alpha value is -1.52. The van der Waals surface area contributed by atoms with Gasteiger partial charge in [-0.1, -0.05) is 18.9 Å². The SMILES string of the molecule is CB1OC(C)C(C)(C)O1.CC#Cc1ccc(C(C)CN)c(OCOCC)c1. The van der Waals surface area contributed by atoms with E-state index in [4.69, 9.17) is 24.5 Å². The third-order valence-electron chi connectivity index (χ3n) is 4.51. The molecule has 1 fully saturated rings. The van der Waals surface area contributed by atoms with Crippen LogP contribution in [0.25, 0.3) is 0 Å². The molecule has 0 aromatic heterocycles. The molecule has 0 bridgehead atoms. The second kappa shape index (κ2) is 11.4. The second-order valence-corrected chi connectivity index (χ2v) is 7.09. The van der Waals surface area contributed by atoms with Crippen LogP contribution in [0.5, 0.6) is 5.75 Å². The van der Waals surface area contributed by atoms with Crippen molar-refractivity contribution in [2.24, 2.45) is 5.73 Å². The number of ether oxygens (including phenoxy) is 2. The van der Waals surface area contributed by atoms with Gasteiger partial charge in [-0.05, 0) is 71.6 Å². The predicted octanol–water partition coefficient (Wildman–Crippen LogP) is 3.81. The smallest absolute Gasteiger partial charge is 0.454 e. The molecular formula is C21H34BNO4. The maximum Gasteiger partial charge on any atom is 0.454 e. The van der Waals surface area contributed by atoms with Crippen LogP contribution in [0.1, 0.15) is 58.6 Å². The van der Waals surface area contributed by atoms with E-state index in [1.54, 1.807) is 0 Å². The molecule has 2 N–H and O–H groups in total. The molecule has 5 nitrogen and oxygen atoms in total. The molecule has 1 heterocycles. The van der Waals surface area contributed by atoms with E-state index in [0.29, 0.717) is 13.2 Å². The van der Waals surface area contributed by atoms with Gasteiger partial charge in [0.25, 0.3) is 0 Å². The minimum absolute atomic E-state index is 0.0324. The summed E-state index contributed by atoms with van der Waals surface area (Å²) in [6.07, 6.45) is 0.215. The first-order valence-electron chi connectivity index (χ1n) is 9.55. The standard InChI is InChI=1S/C15H21NO2.C6H13BO2/c1-4-6-13-7-8-14(12(3)10-16)15(9-13)18-11-17-5-2;1-5-6(2,3)9-7(4)8-5/h7-9,12H,5,10-11,16H2,1-3H3;5H,1-4H3. The summed E-state index contributed by atoms with van der Waals surface area (Å²) >= 11 is 0. The molecule has 6 heteroatoms. The zero-order valence-electron chi connectivity index (χ0n) is 17.8. The van der Waals surface area contributed by atoms with Crippen LogP contribution in [0.3, 0.4) is 0 Å². The van der Waals surface area contributed by atoms with Crippen molar-refractivity contribution in [2.75, 3.05) is 19.9 Å². The van der Waals surface area contributed by atoms with Crippen molar-refractivity contribution in [1.82, 2.24) is 0 Å². The van der Waals surface area contributed by atoms with Gasteiger partial charge in [-0.3, -0.25) is 0 Å². The van der Waals surface area contributed by atoms with Gasteiger partial charge in [-0.2, -0.15) is 0 Å². The first-order chi connectivity index (χ1) is 12.7. The van der Waals surface area contributed by atoms with Gasteiger partial charge in [0, 0.05) is 12.2 Å². The van der Waals surface area contributed by atoms with Gasteiger partial charge in [0.2, 0.25) is 0 Å². The topological polar surface area (TPSA) is 62.9 Å². The summed E-state index contributed by atoms with van der Waals surface area (Å²) < 4.78 is 21.7. The zero-order valence-corrected chi connectivity index (χ0v) is 17.8. The fourth-order valence-electron chi connectivity index (χ4n) is 2.61. The van der Waals surface area contributed by atoms with E-state index in [2.05, 4.69) is 18.8 Å². The molecule has 0 amide bonds. The van der Waals surface area contributed by atoms with Crippen LogP contribution < -0.4 is 10.5 Å². The molecule has 2 atom stereocenters. The summed E-state index contributed by atoms with van der Waals surface area (Å²) in [7, 11) is -0.0324. The quantitative estimate of drug-likeness (QED) is 0.355. The molecule has 150 valence electrons. The molecule has 0 saturated carbocycles. The van der Waals surface area contributed by atoms with Crippen LogP contribution in [0, 0.1) is 11.8 Å². The van der Waals surface area contributed by atoms with E-state index in [1.165, 1.54) is 0 Å². The van der Waals surface area contributed by atoms with Gasteiger partial charge in [-0.15, -0.1) is 5.92 Å². The van der Waals surface area contributed by atoms with Crippen molar-refractivity contribution in [1.29, 1.82) is 0 Å². The summed E-state index contributed by atoms with van der Waals surface area (Å²) in [5.74, 6) is 6.96. The summed E-state index contributed by atoms with van der Waals surface area (Å²) in [4.78, 5) is 0. The van der Waals surface area contributed by atoms with Gasteiger partial charge in [-0.25, -0.2) is 0 Å². The van der Waals surface area contributed by atoms with Crippen molar-refractivity contribution >= 4 is 7.12 Å². The highest BCUT2D eigenvalue weighted by Gasteiger charge is 2.39. The third-order valence-corrected chi connectivity index (χ3v) is 4.51. The van der Waals surface area contributed by atoms with Crippen molar-refractivity contribution in [3.63, 3.8) is 0 Å². The second-order valence-electron chi connectivity index (χ2n) is 7.09. The van der Waals surface area contributed by atoms with E-state index in [9.17, 15) is 0 Å². The molecule has 2 rings (SSSR count). The Balaban J connectivity index is 0.000000337. The number of hydrogen-bond donors (Lipinski definition) is 1. The molecule has 1 aliphatic rings. The molecular weight excluding hydrogens is 341 g/mol. The molecule has 27 heavy (non-hydrogen) atoms. The summed E-state index contributed by atoms with van der Waals surface area (Å²) in [6, 6.07) is 5.96. The highest BCUT2D eigenvalue weighted by molar-refractivity contribution is 6.43. The lowest BCUT2D eigenvalue weighted by molar-refractivity contribution is 0.0217. The predicted molar refractivity (Wildman–Crippen MR) is 111 cm³/mol. The minimum atomic E-state index is -0.0978. The van der Waals surface area contributed by atoms with E-state index >= 15 is 0 Å². The average Bonchev–Trinajstić information content (AvgIpc) is 2.85. The number of benzene rings is 1. The van der Waals surface area contributed by atoms with E-state index in [0.717, 1.165) is 16.9 Å². The van der Waals surface area contributed by atoms with Crippen molar-refractivity contribution < 1.29 is 18.8 Å². The lowest BCUT2D eigenvalue weighted by Crippen LogP contribution is -2.30. The largest absolute Gasteiger partial charge is 0.467 e. The summed E-state index contributed by atoms with van der Waals surface area (Å²) in [5, 5.41) is 0. The number of hydrogen-bond acceptors (Lipinski definition) is 5. The Bertz CT molecular complexity index is 639. The lowest BCUT2D eigenvalue weighted by atomic mass is 9.96. The Morgan fingerprint density at radius 2 is 2.07 bits per heavy atom. The van der Waals surface area contributed by atoms with Gasteiger partial charge < -0.3 is 24.5 Å². The van der Waals surface area contributed by atoms with Crippen molar-refractivity contribution in [2.45, 2.75) is 66.0 Å². The van der Waals surface area contributed by atoms with E-state index in [-0.39, 0.29) is 31.5 Å². The monoisotopic (exact) mass is 375 g/mol. The molecule has 2 unspecified atom stereocenters. The fourth-order valence-corrected chi connectivity index (χ4v) is 2.61. The van der Waals surface area contributed by atoms with Gasteiger partial charge >= 0.3 is 7.12 Å². The highest BCUT2D eigenvalue weighted by Crippen LogP contribution is 2.27. The van der Waals surface area contributed by atoms with Crippen LogP contribution in [0.4, 0.5) is 0 Å². The molecule has 0 radical (unpaired) electrons.